The molecule has 1 aromatic rings. The second-order valence-electron chi connectivity index (χ2n) is 5.69. The van der Waals surface area contributed by atoms with Crippen molar-refractivity contribution in [2.75, 3.05) is 13.1 Å². The molecule has 19 heavy (non-hydrogen) atoms. The van der Waals surface area contributed by atoms with E-state index in [0.717, 1.165) is 25.9 Å². The van der Waals surface area contributed by atoms with Crippen LogP contribution in [0.25, 0.3) is 0 Å². The molecule has 0 bridgehead atoms. The molecule has 0 radical (unpaired) electrons. The molecule has 0 saturated carbocycles. The van der Waals surface area contributed by atoms with Crippen molar-refractivity contribution in [1.82, 2.24) is 4.90 Å². The van der Waals surface area contributed by atoms with E-state index in [0.29, 0.717) is 5.92 Å². The van der Waals surface area contributed by atoms with E-state index >= 15 is 0 Å². The smallest absolute Gasteiger partial charge is 0.321 e. The third-order valence-corrected chi connectivity index (χ3v) is 4.27. The number of rotatable bonds is 5. The van der Waals surface area contributed by atoms with Crippen LogP contribution in [0.5, 0.6) is 0 Å². The Labute approximate surface area is 115 Å². The standard InChI is InChI=1S/C16H23NO2/c1-12(14-6-4-3-5-7-14)8-10-17-11-9-13(2)15(17)16(18)19/h3-7,12-13,15H,8-11H2,1-2H3,(H,18,19). The van der Waals surface area contributed by atoms with Crippen LogP contribution in [-0.4, -0.2) is 35.1 Å². The molecule has 1 aromatic carbocycles. The van der Waals surface area contributed by atoms with Crippen LogP contribution >= 0.6 is 0 Å². The Morgan fingerprint density at radius 3 is 2.74 bits per heavy atom. The number of likely N-dealkylation sites (tertiary alicyclic amines) is 1. The Morgan fingerprint density at radius 1 is 1.42 bits per heavy atom. The van der Waals surface area contributed by atoms with Crippen LogP contribution in [0.4, 0.5) is 0 Å². The second kappa shape index (κ2) is 6.20. The first-order chi connectivity index (χ1) is 9.09. The van der Waals surface area contributed by atoms with E-state index in [4.69, 9.17) is 0 Å². The van der Waals surface area contributed by atoms with Crippen LogP contribution in [0.1, 0.15) is 38.2 Å². The third kappa shape index (κ3) is 3.35. The summed E-state index contributed by atoms with van der Waals surface area (Å²) in [6, 6.07) is 10.1. The Balaban J connectivity index is 1.90. The van der Waals surface area contributed by atoms with Gasteiger partial charge in [-0.1, -0.05) is 44.2 Å². The molecule has 3 heteroatoms. The molecule has 0 aromatic heterocycles. The van der Waals surface area contributed by atoms with Crippen molar-refractivity contribution in [2.24, 2.45) is 5.92 Å². The van der Waals surface area contributed by atoms with E-state index in [1.165, 1.54) is 5.56 Å². The van der Waals surface area contributed by atoms with Crippen molar-refractivity contribution in [1.29, 1.82) is 0 Å². The minimum absolute atomic E-state index is 0.268. The quantitative estimate of drug-likeness (QED) is 0.886. The summed E-state index contributed by atoms with van der Waals surface area (Å²) in [7, 11) is 0. The van der Waals surface area contributed by atoms with E-state index in [1.807, 2.05) is 13.0 Å². The Kier molecular flexibility index (Phi) is 4.59. The van der Waals surface area contributed by atoms with Gasteiger partial charge in [-0.2, -0.15) is 0 Å². The summed E-state index contributed by atoms with van der Waals surface area (Å²) < 4.78 is 0. The fourth-order valence-electron chi connectivity index (χ4n) is 2.98. The number of carbonyl (C=O) groups is 1. The van der Waals surface area contributed by atoms with Crippen LogP contribution in [-0.2, 0) is 4.79 Å². The fraction of sp³-hybridized carbons (Fsp3) is 0.562. The largest absolute Gasteiger partial charge is 0.480 e. The van der Waals surface area contributed by atoms with Gasteiger partial charge in [0.15, 0.2) is 0 Å². The van der Waals surface area contributed by atoms with Gasteiger partial charge in [0.05, 0.1) is 0 Å². The van der Waals surface area contributed by atoms with Gasteiger partial charge in [-0.05, 0) is 43.3 Å². The molecule has 1 heterocycles. The summed E-state index contributed by atoms with van der Waals surface area (Å²) in [6.45, 7) is 6.04. The zero-order chi connectivity index (χ0) is 13.8. The molecule has 1 fully saturated rings. The SMILES string of the molecule is CC(CCN1CCC(C)C1C(=O)O)c1ccccc1. The van der Waals surface area contributed by atoms with Gasteiger partial charge in [-0.3, -0.25) is 9.69 Å². The number of benzene rings is 1. The highest BCUT2D eigenvalue weighted by molar-refractivity contribution is 5.74. The highest BCUT2D eigenvalue weighted by Crippen LogP contribution is 2.26. The fourth-order valence-corrected chi connectivity index (χ4v) is 2.98. The van der Waals surface area contributed by atoms with Crippen molar-refractivity contribution >= 4 is 5.97 Å². The molecule has 3 unspecified atom stereocenters. The van der Waals surface area contributed by atoms with Crippen LogP contribution < -0.4 is 0 Å². The minimum Gasteiger partial charge on any atom is -0.480 e. The Morgan fingerprint density at radius 2 is 2.11 bits per heavy atom. The lowest BCUT2D eigenvalue weighted by atomic mass is 9.97. The molecular weight excluding hydrogens is 238 g/mol. The lowest BCUT2D eigenvalue weighted by molar-refractivity contribution is -0.143. The van der Waals surface area contributed by atoms with Crippen LogP contribution in [0.2, 0.25) is 0 Å². The average molecular weight is 261 g/mol. The van der Waals surface area contributed by atoms with Gasteiger partial charge in [-0.25, -0.2) is 0 Å². The zero-order valence-electron chi connectivity index (χ0n) is 11.7. The van der Waals surface area contributed by atoms with Gasteiger partial charge in [0, 0.05) is 0 Å². The molecule has 3 atom stereocenters. The molecule has 1 aliphatic rings. The van der Waals surface area contributed by atoms with Gasteiger partial charge in [0.25, 0.3) is 0 Å². The molecule has 104 valence electrons. The molecule has 2 rings (SSSR count). The van der Waals surface area contributed by atoms with E-state index < -0.39 is 5.97 Å². The maximum Gasteiger partial charge on any atom is 0.321 e. The first-order valence-corrected chi connectivity index (χ1v) is 7.11. The zero-order valence-corrected chi connectivity index (χ0v) is 11.7. The summed E-state index contributed by atoms with van der Waals surface area (Å²) in [6.07, 6.45) is 2.01. The molecule has 1 N–H and O–H groups in total. The van der Waals surface area contributed by atoms with E-state index in [1.54, 1.807) is 0 Å². The van der Waals surface area contributed by atoms with E-state index in [2.05, 4.69) is 36.1 Å². The number of hydrogen-bond donors (Lipinski definition) is 1. The van der Waals surface area contributed by atoms with Gasteiger partial charge < -0.3 is 5.11 Å². The lowest BCUT2D eigenvalue weighted by Gasteiger charge is -2.24. The Hall–Kier alpha value is -1.35. The predicted octanol–water partition coefficient (Wildman–Crippen LogP) is 2.98. The number of hydrogen-bond acceptors (Lipinski definition) is 2. The van der Waals surface area contributed by atoms with E-state index in [-0.39, 0.29) is 12.0 Å². The summed E-state index contributed by atoms with van der Waals surface area (Å²) in [5.41, 5.74) is 1.33. The van der Waals surface area contributed by atoms with Crippen molar-refractivity contribution in [2.45, 2.75) is 38.6 Å². The maximum absolute atomic E-state index is 11.3. The minimum atomic E-state index is -0.669. The third-order valence-electron chi connectivity index (χ3n) is 4.27. The van der Waals surface area contributed by atoms with Gasteiger partial charge in [-0.15, -0.1) is 0 Å². The summed E-state index contributed by atoms with van der Waals surface area (Å²) in [4.78, 5) is 13.4. The molecule has 0 spiro atoms. The van der Waals surface area contributed by atoms with Gasteiger partial charge in [0.1, 0.15) is 6.04 Å². The van der Waals surface area contributed by atoms with Crippen molar-refractivity contribution in [3.05, 3.63) is 35.9 Å². The molecule has 3 nitrogen and oxygen atoms in total. The molecule has 0 aliphatic carbocycles. The van der Waals surface area contributed by atoms with E-state index in [9.17, 15) is 9.90 Å². The maximum atomic E-state index is 11.3. The first kappa shape index (κ1) is 14.1. The molecule has 1 aliphatic heterocycles. The summed E-state index contributed by atoms with van der Waals surface area (Å²) in [5.74, 6) is 0.0773. The number of carboxylic acids is 1. The van der Waals surface area contributed by atoms with Crippen LogP contribution in [0.15, 0.2) is 30.3 Å². The number of nitrogens with zero attached hydrogens (tertiary/aromatic N) is 1. The first-order valence-electron chi connectivity index (χ1n) is 7.11. The van der Waals surface area contributed by atoms with Crippen molar-refractivity contribution in [3.8, 4) is 0 Å². The molecule has 1 saturated heterocycles. The Bertz CT molecular complexity index is 418. The number of aliphatic carboxylic acids is 1. The van der Waals surface area contributed by atoms with Gasteiger partial charge in [0.2, 0.25) is 0 Å². The second-order valence-corrected chi connectivity index (χ2v) is 5.69. The highest BCUT2D eigenvalue weighted by atomic mass is 16.4. The lowest BCUT2D eigenvalue weighted by Crippen LogP contribution is -2.39. The van der Waals surface area contributed by atoms with Crippen LogP contribution in [0, 0.1) is 5.92 Å². The monoisotopic (exact) mass is 261 g/mol. The van der Waals surface area contributed by atoms with Gasteiger partial charge >= 0.3 is 5.97 Å². The molecule has 0 amide bonds. The van der Waals surface area contributed by atoms with Crippen molar-refractivity contribution < 1.29 is 9.90 Å². The average Bonchev–Trinajstić information content (AvgIpc) is 2.78. The normalized spacial score (nSPS) is 25.4. The highest BCUT2D eigenvalue weighted by Gasteiger charge is 2.36. The van der Waals surface area contributed by atoms with Crippen LogP contribution in [0.3, 0.4) is 0 Å². The number of carboxylic acid groups (broad SMARTS) is 1. The summed E-state index contributed by atoms with van der Waals surface area (Å²) >= 11 is 0. The topological polar surface area (TPSA) is 40.5 Å². The summed E-state index contributed by atoms with van der Waals surface area (Å²) in [5, 5.41) is 9.29. The van der Waals surface area contributed by atoms with Crippen molar-refractivity contribution in [3.63, 3.8) is 0 Å². The molecular formula is C16H23NO2. The predicted molar refractivity (Wildman–Crippen MR) is 76.3 cm³/mol.